The molecule has 0 fully saturated rings. The van der Waals surface area contributed by atoms with Crippen LogP contribution in [0.2, 0.25) is 0 Å². The number of hydrogen-bond donors (Lipinski definition) is 2. The summed E-state index contributed by atoms with van der Waals surface area (Å²) in [5.74, 6) is 0.157. The molecular weight excluding hydrogens is 303 g/mol. The number of H-pyrrole nitrogens is 1. The highest BCUT2D eigenvalue weighted by Crippen LogP contribution is 2.38. The van der Waals surface area contributed by atoms with Gasteiger partial charge in [-0.05, 0) is 31.5 Å². The van der Waals surface area contributed by atoms with Crippen molar-refractivity contribution in [1.29, 1.82) is 0 Å². The number of fused-ring (bicyclic) bond motifs is 1. The average Bonchev–Trinajstić information content (AvgIpc) is 2.79. The predicted molar refractivity (Wildman–Crippen MR) is 84.6 cm³/mol. The van der Waals surface area contributed by atoms with Gasteiger partial charge in [-0.25, -0.2) is 0 Å². The van der Waals surface area contributed by atoms with Gasteiger partial charge in [-0.15, -0.1) is 0 Å². The van der Waals surface area contributed by atoms with Crippen molar-refractivity contribution in [1.82, 2.24) is 4.98 Å². The summed E-state index contributed by atoms with van der Waals surface area (Å²) in [5, 5.41) is 0.705. The maximum atomic E-state index is 11.0. The van der Waals surface area contributed by atoms with Gasteiger partial charge in [0.1, 0.15) is 5.75 Å². The molecule has 6 nitrogen and oxygen atoms in total. The van der Waals surface area contributed by atoms with Crippen molar-refractivity contribution >= 4 is 18.7 Å². The number of aromatic nitrogens is 1. The summed E-state index contributed by atoms with van der Waals surface area (Å²) in [6, 6.07) is 5.56. The minimum absolute atomic E-state index is 0.157. The number of quaternary nitrogens is 1. The average molecular weight is 326 g/mol. The third-order valence-corrected chi connectivity index (χ3v) is 4.75. The van der Waals surface area contributed by atoms with Crippen molar-refractivity contribution in [2.45, 2.75) is 26.3 Å². The minimum atomic E-state index is -4.82. The molecular formula is C15H23N2O4P. The van der Waals surface area contributed by atoms with E-state index in [1.165, 1.54) is 0 Å². The molecule has 1 heterocycles. The molecule has 2 rings (SSSR count). The van der Waals surface area contributed by atoms with Gasteiger partial charge in [-0.2, -0.15) is 0 Å². The fraction of sp³-hybridized carbons (Fsp3) is 0.467. The fourth-order valence-corrected chi connectivity index (χ4v) is 2.68. The third kappa shape index (κ3) is 3.90. The predicted octanol–water partition coefficient (Wildman–Crippen LogP) is 2.03. The lowest BCUT2D eigenvalue weighted by atomic mass is 10.1. The van der Waals surface area contributed by atoms with Crippen molar-refractivity contribution in [3.05, 3.63) is 30.0 Å². The smallest absolute Gasteiger partial charge is 0.317 e. The van der Waals surface area contributed by atoms with Gasteiger partial charge in [0.25, 0.3) is 0 Å². The number of hydrogen-bond acceptors (Lipinski definition) is 3. The molecule has 0 saturated heterocycles. The van der Waals surface area contributed by atoms with Crippen molar-refractivity contribution in [3.8, 4) is 5.75 Å². The Morgan fingerprint density at radius 3 is 2.68 bits per heavy atom. The first-order chi connectivity index (χ1) is 10.1. The standard InChI is InChI=1S/C15H23N2O4P/c1-11(2)17(3,4)9-8-12-10-16-13-6-5-7-14(15(12)13)21-22(18,19)20/h5-7,10-11,16H,8-9H2,1-4H3,(H-,18,19,20). The van der Waals surface area contributed by atoms with Gasteiger partial charge in [-0.1, -0.05) is 6.07 Å². The van der Waals surface area contributed by atoms with Crippen LogP contribution in [0.4, 0.5) is 0 Å². The van der Waals surface area contributed by atoms with Gasteiger partial charge in [0, 0.05) is 23.5 Å². The van der Waals surface area contributed by atoms with E-state index in [1.54, 1.807) is 12.1 Å². The van der Waals surface area contributed by atoms with Crippen LogP contribution in [0.5, 0.6) is 5.75 Å². The second kappa shape index (κ2) is 6.05. The zero-order valence-corrected chi connectivity index (χ0v) is 14.3. The van der Waals surface area contributed by atoms with Crippen LogP contribution in [0, 0.1) is 0 Å². The Kier molecular flexibility index (Phi) is 4.68. The molecule has 2 aromatic rings. The largest absolute Gasteiger partial charge is 0.746 e. The number of phosphoric acid groups is 1. The molecule has 22 heavy (non-hydrogen) atoms. The van der Waals surface area contributed by atoms with Crippen LogP contribution in [0.15, 0.2) is 24.4 Å². The molecule has 2 N–H and O–H groups in total. The number of aromatic amines is 1. The summed E-state index contributed by atoms with van der Waals surface area (Å²) < 4.78 is 16.6. The van der Waals surface area contributed by atoms with E-state index in [0.29, 0.717) is 11.4 Å². The number of phosphoric ester groups is 1. The number of nitrogens with zero attached hydrogens (tertiary/aromatic N) is 1. The van der Waals surface area contributed by atoms with E-state index in [9.17, 15) is 9.46 Å². The SMILES string of the molecule is CC(C)[N+](C)(C)CCc1c[nH]c2cccc(OP(=O)([O-])O)c12. The molecule has 122 valence electrons. The molecule has 7 heteroatoms. The van der Waals surface area contributed by atoms with Gasteiger partial charge >= 0.3 is 7.82 Å². The Morgan fingerprint density at radius 1 is 1.41 bits per heavy atom. The molecule has 0 amide bonds. The van der Waals surface area contributed by atoms with Gasteiger partial charge < -0.3 is 23.8 Å². The summed E-state index contributed by atoms with van der Waals surface area (Å²) in [6.07, 6.45) is 2.64. The Hall–Kier alpha value is -1.33. The fourth-order valence-electron chi connectivity index (χ4n) is 2.28. The first-order valence-corrected chi connectivity index (χ1v) is 8.75. The highest BCUT2D eigenvalue weighted by molar-refractivity contribution is 7.45. The number of likely N-dealkylation sites (N-methyl/N-ethyl adjacent to an activating group) is 1. The Labute approximate surface area is 130 Å². The molecule has 0 bridgehead atoms. The number of benzene rings is 1. The lowest BCUT2D eigenvalue weighted by Crippen LogP contribution is -2.47. The summed E-state index contributed by atoms with van der Waals surface area (Å²) in [6.45, 7) is 5.25. The minimum Gasteiger partial charge on any atom is -0.746 e. The molecule has 1 aromatic heterocycles. The zero-order chi connectivity index (χ0) is 16.5. The van der Waals surface area contributed by atoms with E-state index in [0.717, 1.165) is 28.5 Å². The Bertz CT molecular complexity index is 703. The lowest BCUT2D eigenvalue weighted by Gasteiger charge is -2.34. The zero-order valence-electron chi connectivity index (χ0n) is 13.4. The van der Waals surface area contributed by atoms with Crippen LogP contribution >= 0.6 is 7.82 Å². The quantitative estimate of drug-likeness (QED) is 0.628. The van der Waals surface area contributed by atoms with Crippen molar-refractivity contribution in [2.75, 3.05) is 20.6 Å². The van der Waals surface area contributed by atoms with Crippen LogP contribution in [0.1, 0.15) is 19.4 Å². The molecule has 1 atom stereocenters. The van der Waals surface area contributed by atoms with Crippen LogP contribution in [-0.4, -0.2) is 41.0 Å². The van der Waals surface area contributed by atoms with Crippen LogP contribution < -0.4 is 9.42 Å². The molecule has 0 spiro atoms. The van der Waals surface area contributed by atoms with Crippen LogP contribution in [0.25, 0.3) is 10.9 Å². The van der Waals surface area contributed by atoms with E-state index in [2.05, 4.69) is 32.9 Å². The Morgan fingerprint density at radius 2 is 2.09 bits per heavy atom. The first-order valence-electron chi connectivity index (χ1n) is 7.25. The number of nitrogens with one attached hydrogen (secondary N) is 1. The summed E-state index contributed by atoms with van der Waals surface area (Å²) >= 11 is 0. The monoisotopic (exact) mass is 326 g/mol. The van der Waals surface area contributed by atoms with Gasteiger partial charge in [0.15, 0.2) is 0 Å². The Balaban J connectivity index is 2.33. The molecule has 0 aliphatic heterocycles. The second-order valence-electron chi connectivity index (χ2n) is 6.40. The highest BCUT2D eigenvalue weighted by atomic mass is 31.2. The first kappa shape index (κ1) is 17.0. The topological polar surface area (TPSA) is 85.4 Å². The van der Waals surface area contributed by atoms with Crippen LogP contribution in [0.3, 0.4) is 0 Å². The normalized spacial score (nSPS) is 15.2. The van der Waals surface area contributed by atoms with Gasteiger partial charge in [0.05, 0.1) is 26.7 Å². The maximum absolute atomic E-state index is 11.0. The summed E-state index contributed by atoms with van der Waals surface area (Å²) in [5.41, 5.74) is 1.77. The molecule has 1 aromatic carbocycles. The van der Waals surface area contributed by atoms with E-state index in [1.807, 2.05) is 12.3 Å². The van der Waals surface area contributed by atoms with E-state index >= 15 is 0 Å². The van der Waals surface area contributed by atoms with E-state index in [-0.39, 0.29) is 5.75 Å². The molecule has 0 saturated carbocycles. The van der Waals surface area contributed by atoms with E-state index in [4.69, 9.17) is 9.42 Å². The maximum Gasteiger partial charge on any atom is 0.317 e. The van der Waals surface area contributed by atoms with Crippen molar-refractivity contribution < 1.29 is 23.4 Å². The molecule has 0 radical (unpaired) electrons. The lowest BCUT2D eigenvalue weighted by molar-refractivity contribution is -0.910. The van der Waals surface area contributed by atoms with Crippen molar-refractivity contribution in [2.24, 2.45) is 0 Å². The van der Waals surface area contributed by atoms with Gasteiger partial charge in [0.2, 0.25) is 0 Å². The summed E-state index contributed by atoms with van der Waals surface area (Å²) in [4.78, 5) is 23.1. The highest BCUT2D eigenvalue weighted by Gasteiger charge is 2.21. The number of rotatable bonds is 6. The molecule has 0 aliphatic rings. The molecule has 0 aliphatic carbocycles. The third-order valence-electron chi connectivity index (χ3n) is 4.32. The van der Waals surface area contributed by atoms with Crippen molar-refractivity contribution in [3.63, 3.8) is 0 Å². The van der Waals surface area contributed by atoms with E-state index < -0.39 is 7.82 Å². The van der Waals surface area contributed by atoms with Crippen LogP contribution in [-0.2, 0) is 11.0 Å². The molecule has 1 unspecified atom stereocenters. The summed E-state index contributed by atoms with van der Waals surface area (Å²) in [7, 11) is -0.496. The van der Waals surface area contributed by atoms with Gasteiger partial charge in [-0.3, -0.25) is 4.57 Å². The second-order valence-corrected chi connectivity index (χ2v) is 7.52.